The Balaban J connectivity index is 0.000000521. The third-order valence-corrected chi connectivity index (χ3v) is 6.68. The lowest BCUT2D eigenvalue weighted by Crippen LogP contribution is -2.63. The number of rotatable bonds is 6. The van der Waals surface area contributed by atoms with Crippen molar-refractivity contribution < 1.29 is 14.5 Å². The molecule has 0 saturated carbocycles. The van der Waals surface area contributed by atoms with Crippen LogP contribution in [-0.2, 0) is 4.79 Å². The summed E-state index contributed by atoms with van der Waals surface area (Å²) in [6, 6.07) is 13.0. The van der Waals surface area contributed by atoms with E-state index in [-0.39, 0.29) is 12.5 Å². The molecule has 2 unspecified atom stereocenters. The first kappa shape index (κ1) is 22.6. The Morgan fingerprint density at radius 3 is 2.41 bits per heavy atom. The second kappa shape index (κ2) is 10.8. The number of imide groups is 1. The number of hydrogen-bond acceptors (Lipinski definition) is 6. The summed E-state index contributed by atoms with van der Waals surface area (Å²) in [4.78, 5) is 36.9. The van der Waals surface area contributed by atoms with Gasteiger partial charge in [0.05, 0.1) is 15.7 Å². The summed E-state index contributed by atoms with van der Waals surface area (Å²) in [5, 5.41) is 16.5. The van der Waals surface area contributed by atoms with Gasteiger partial charge in [-0.15, -0.1) is 0 Å². The number of nitrogens with one attached hydrogen (secondary N) is 1. The lowest BCUT2D eigenvalue weighted by Gasteiger charge is -2.45. The Kier molecular flexibility index (Phi) is 8.41. The highest BCUT2D eigenvalue weighted by Crippen LogP contribution is 2.42. The number of thioether (sulfide) groups is 1. The van der Waals surface area contributed by atoms with Gasteiger partial charge in [0.15, 0.2) is 0 Å². The van der Waals surface area contributed by atoms with E-state index in [0.717, 1.165) is 11.1 Å². The number of carbonyl (C=O) groups is 2. The third-order valence-electron chi connectivity index (χ3n) is 4.51. The molecular weight excluding hydrogens is 410 g/mol. The lowest BCUT2D eigenvalue weighted by molar-refractivity contribution is -0.402. The van der Waals surface area contributed by atoms with Crippen LogP contribution in [0.5, 0.6) is 0 Å². The molecule has 0 bridgehead atoms. The summed E-state index contributed by atoms with van der Waals surface area (Å²) < 4.78 is 0. The molecule has 3 amide bonds. The van der Waals surface area contributed by atoms with Crippen molar-refractivity contribution in [3.8, 4) is 0 Å². The Morgan fingerprint density at radius 1 is 1.24 bits per heavy atom. The highest BCUT2D eigenvalue weighted by molar-refractivity contribution is 8.00. The van der Waals surface area contributed by atoms with Crippen molar-refractivity contribution in [2.24, 2.45) is 5.41 Å². The van der Waals surface area contributed by atoms with E-state index >= 15 is 0 Å². The van der Waals surface area contributed by atoms with E-state index in [0.29, 0.717) is 6.42 Å². The minimum absolute atomic E-state index is 0.0557. The molecule has 1 fully saturated rings. The van der Waals surface area contributed by atoms with Crippen LogP contribution in [0.1, 0.15) is 20.3 Å². The third kappa shape index (κ3) is 6.16. The normalized spacial score (nSPS) is 21.4. The van der Waals surface area contributed by atoms with Crippen molar-refractivity contribution in [3.05, 3.63) is 75.6 Å². The number of amides is 3. The molecule has 3 rings (SSSR count). The van der Waals surface area contributed by atoms with Gasteiger partial charge in [0, 0.05) is 17.5 Å². The predicted molar refractivity (Wildman–Crippen MR) is 115 cm³/mol. The van der Waals surface area contributed by atoms with Crippen LogP contribution >= 0.6 is 23.1 Å². The quantitative estimate of drug-likeness (QED) is 0.530. The Morgan fingerprint density at radius 2 is 1.90 bits per heavy atom. The van der Waals surface area contributed by atoms with E-state index in [1.54, 1.807) is 18.3 Å². The van der Waals surface area contributed by atoms with Gasteiger partial charge in [-0.2, -0.15) is 11.3 Å². The van der Waals surface area contributed by atoms with Gasteiger partial charge in [0.1, 0.15) is 0 Å². The zero-order valence-electron chi connectivity index (χ0n) is 16.2. The molecule has 1 saturated heterocycles. The Hall–Kier alpha value is -2.65. The molecule has 29 heavy (non-hydrogen) atoms. The zero-order chi connectivity index (χ0) is 21.3. The minimum Gasteiger partial charge on any atom is -0.307 e. The number of hydrogen-bond donors (Lipinski definition) is 1. The van der Waals surface area contributed by atoms with E-state index in [1.807, 2.05) is 60.1 Å². The van der Waals surface area contributed by atoms with Crippen LogP contribution < -0.4 is 5.32 Å². The van der Waals surface area contributed by atoms with Gasteiger partial charge >= 0.3 is 6.03 Å². The summed E-state index contributed by atoms with van der Waals surface area (Å²) in [6.07, 6.45) is 2.65. The molecule has 0 spiro atoms. The molecule has 9 heteroatoms. The zero-order valence-corrected chi connectivity index (χ0v) is 17.8. The number of nitro groups is 1. The van der Waals surface area contributed by atoms with Crippen LogP contribution in [0.3, 0.4) is 0 Å². The molecule has 1 aliphatic heterocycles. The van der Waals surface area contributed by atoms with E-state index in [4.69, 9.17) is 0 Å². The summed E-state index contributed by atoms with van der Waals surface area (Å²) in [5.41, 5.74) is -0.795. The summed E-state index contributed by atoms with van der Waals surface area (Å²) in [7, 11) is 0. The lowest BCUT2D eigenvalue weighted by atomic mass is 9.84. The SMILES string of the molecule is CCC1(C)C(=O)NC(=O)N(CC=C[N+](=O)[O-])C1Sc1ccccc1.c1ccsc1. The molecule has 7 nitrogen and oxygen atoms in total. The van der Waals surface area contributed by atoms with Crippen molar-refractivity contribution in [1.29, 1.82) is 0 Å². The number of urea groups is 1. The van der Waals surface area contributed by atoms with Crippen LogP contribution in [0.4, 0.5) is 4.79 Å². The predicted octanol–water partition coefficient (Wildman–Crippen LogP) is 4.61. The minimum atomic E-state index is -0.795. The first-order valence-electron chi connectivity index (χ1n) is 8.99. The molecule has 154 valence electrons. The van der Waals surface area contributed by atoms with E-state index in [2.05, 4.69) is 5.32 Å². The van der Waals surface area contributed by atoms with Crippen molar-refractivity contribution in [1.82, 2.24) is 10.2 Å². The van der Waals surface area contributed by atoms with Crippen LogP contribution in [-0.4, -0.2) is 33.7 Å². The van der Waals surface area contributed by atoms with Gasteiger partial charge < -0.3 is 4.90 Å². The van der Waals surface area contributed by atoms with Crippen LogP contribution in [0.25, 0.3) is 0 Å². The molecule has 1 N–H and O–H groups in total. The summed E-state index contributed by atoms with van der Waals surface area (Å²) in [6.45, 7) is 3.75. The van der Waals surface area contributed by atoms with E-state index in [1.165, 1.54) is 22.7 Å². The first-order valence-corrected chi connectivity index (χ1v) is 10.8. The first-order chi connectivity index (χ1) is 13.9. The summed E-state index contributed by atoms with van der Waals surface area (Å²) >= 11 is 3.12. The number of thiophene rings is 1. The van der Waals surface area contributed by atoms with Crippen molar-refractivity contribution in [2.45, 2.75) is 30.5 Å². The van der Waals surface area contributed by atoms with Crippen molar-refractivity contribution >= 4 is 35.0 Å². The second-order valence-electron chi connectivity index (χ2n) is 6.43. The van der Waals surface area contributed by atoms with Gasteiger partial charge in [-0.1, -0.05) is 49.0 Å². The Bertz CT molecular complexity index is 825. The monoisotopic (exact) mass is 433 g/mol. The van der Waals surface area contributed by atoms with Crippen molar-refractivity contribution in [2.75, 3.05) is 6.54 Å². The molecule has 2 aromatic rings. The topological polar surface area (TPSA) is 92.6 Å². The molecular formula is C20H23N3O4S2. The smallest absolute Gasteiger partial charge is 0.307 e. The molecule has 2 atom stereocenters. The van der Waals surface area contributed by atoms with Crippen LogP contribution in [0.2, 0.25) is 0 Å². The molecule has 1 aromatic heterocycles. The average Bonchev–Trinajstić information content (AvgIpc) is 3.29. The molecule has 0 radical (unpaired) electrons. The fourth-order valence-corrected chi connectivity index (χ4v) is 4.55. The maximum Gasteiger partial charge on any atom is 0.325 e. The van der Waals surface area contributed by atoms with Crippen LogP contribution in [0.15, 0.2) is 70.4 Å². The maximum atomic E-state index is 12.4. The second-order valence-corrected chi connectivity index (χ2v) is 8.40. The van der Waals surface area contributed by atoms with E-state index in [9.17, 15) is 19.7 Å². The standard InChI is InChI=1S/C16H19N3O4S.C4H4S/c1-3-16(2)13(20)17-15(21)18(10-7-11-19(22)23)14(16)24-12-8-5-4-6-9-12;1-2-4-5-3-1/h4-9,11,14H,3,10H2,1-2H3,(H,17,20,21);1-4H. The average molecular weight is 434 g/mol. The highest BCUT2D eigenvalue weighted by atomic mass is 32.2. The highest BCUT2D eigenvalue weighted by Gasteiger charge is 2.49. The number of carbonyl (C=O) groups excluding carboxylic acids is 2. The van der Waals surface area contributed by atoms with Crippen LogP contribution in [0, 0.1) is 15.5 Å². The van der Waals surface area contributed by atoms with E-state index < -0.39 is 21.7 Å². The van der Waals surface area contributed by atoms with Gasteiger partial charge in [0.25, 0.3) is 0 Å². The maximum absolute atomic E-state index is 12.4. The summed E-state index contributed by atoms with van der Waals surface area (Å²) in [5.74, 6) is -0.321. The fraction of sp³-hybridized carbons (Fsp3) is 0.300. The van der Waals surface area contributed by atoms with Gasteiger partial charge in [-0.3, -0.25) is 20.2 Å². The molecule has 1 aliphatic rings. The van der Waals surface area contributed by atoms with Gasteiger partial charge in [-0.25, -0.2) is 4.79 Å². The molecule has 1 aromatic carbocycles. The van der Waals surface area contributed by atoms with Gasteiger partial charge in [0.2, 0.25) is 12.1 Å². The largest absolute Gasteiger partial charge is 0.325 e. The fourth-order valence-electron chi connectivity index (χ4n) is 2.68. The number of nitrogens with zero attached hydrogens (tertiary/aromatic N) is 2. The van der Waals surface area contributed by atoms with Gasteiger partial charge in [-0.05, 0) is 36.2 Å². The molecule has 2 heterocycles. The Labute approximate surface area is 177 Å². The van der Waals surface area contributed by atoms with Crippen molar-refractivity contribution in [3.63, 3.8) is 0 Å². The number of benzene rings is 1. The molecule has 0 aliphatic carbocycles.